The summed E-state index contributed by atoms with van der Waals surface area (Å²) in [7, 11) is 0. The molecule has 2 heteroatoms. The fourth-order valence-electron chi connectivity index (χ4n) is 2.88. The molecule has 103 valence electrons. The van der Waals surface area contributed by atoms with E-state index in [1.54, 1.807) is 0 Å². The highest BCUT2D eigenvalue weighted by atomic mass is 79.9. The third-order valence-electron chi connectivity index (χ3n) is 3.88. The summed E-state index contributed by atoms with van der Waals surface area (Å²) < 4.78 is 3.56. The number of rotatable bonds is 5. The van der Waals surface area contributed by atoms with Gasteiger partial charge in [0.1, 0.15) is 0 Å². The van der Waals surface area contributed by atoms with Crippen molar-refractivity contribution in [2.24, 2.45) is 0 Å². The van der Waals surface area contributed by atoms with Gasteiger partial charge >= 0.3 is 0 Å². The first-order valence-corrected chi connectivity index (χ1v) is 8.18. The highest BCUT2D eigenvalue weighted by Gasteiger charge is 2.10. The molecule has 3 rings (SSSR count). The minimum absolute atomic E-state index is 1.09. The molecule has 0 saturated heterocycles. The third-order valence-corrected chi connectivity index (χ3v) is 4.37. The minimum atomic E-state index is 1.09. The van der Waals surface area contributed by atoms with Crippen molar-refractivity contribution in [3.05, 3.63) is 46.9 Å². The van der Waals surface area contributed by atoms with Crippen LogP contribution in [-0.4, -0.2) is 4.57 Å². The van der Waals surface area contributed by atoms with E-state index in [1.165, 1.54) is 47.5 Å². The number of aromatic nitrogens is 1. The minimum Gasteiger partial charge on any atom is -0.340 e. The molecule has 0 saturated carbocycles. The van der Waals surface area contributed by atoms with Crippen molar-refractivity contribution >= 4 is 37.7 Å². The first kappa shape index (κ1) is 13.7. The average Bonchev–Trinajstić information content (AvgIpc) is 2.78. The summed E-state index contributed by atoms with van der Waals surface area (Å²) in [6.45, 7) is 3.34. The van der Waals surface area contributed by atoms with Gasteiger partial charge in [-0.15, -0.1) is 0 Å². The van der Waals surface area contributed by atoms with Crippen molar-refractivity contribution in [2.45, 2.75) is 39.2 Å². The molecule has 0 spiro atoms. The molecule has 1 heterocycles. The lowest BCUT2D eigenvalue weighted by atomic mass is 10.2. The van der Waals surface area contributed by atoms with E-state index in [0.717, 1.165) is 11.0 Å². The molecule has 0 unspecified atom stereocenters. The van der Waals surface area contributed by atoms with E-state index in [2.05, 4.69) is 63.8 Å². The van der Waals surface area contributed by atoms with Gasteiger partial charge in [-0.2, -0.15) is 0 Å². The first-order valence-electron chi connectivity index (χ1n) is 7.39. The molecule has 0 bridgehead atoms. The zero-order chi connectivity index (χ0) is 13.9. The Morgan fingerprint density at radius 1 is 1.10 bits per heavy atom. The maximum atomic E-state index is 3.58. The van der Waals surface area contributed by atoms with E-state index < -0.39 is 0 Å². The topological polar surface area (TPSA) is 4.93 Å². The lowest BCUT2D eigenvalue weighted by molar-refractivity contribution is 0.602. The smallest absolute Gasteiger partial charge is 0.0571 e. The summed E-state index contributed by atoms with van der Waals surface area (Å²) in [5.41, 5.74) is 2.55. The summed E-state index contributed by atoms with van der Waals surface area (Å²) in [4.78, 5) is 0. The van der Waals surface area contributed by atoms with Crippen LogP contribution in [0.15, 0.2) is 40.9 Å². The summed E-state index contributed by atoms with van der Waals surface area (Å²) in [5.74, 6) is 0. The number of para-hydroxylation sites is 1. The maximum absolute atomic E-state index is 3.58. The van der Waals surface area contributed by atoms with E-state index in [9.17, 15) is 0 Å². The van der Waals surface area contributed by atoms with Crippen molar-refractivity contribution in [1.29, 1.82) is 0 Å². The van der Waals surface area contributed by atoms with Crippen molar-refractivity contribution in [2.75, 3.05) is 0 Å². The standard InChI is InChI=1S/C18H19BrN/c1-2-3-4-7-12-20-17-9-6-5-8-15(17)16-13-14(19)10-11-18(16)20/h5-6,8,10-11,13H,2-4,7,12H2,1H3. The second-order valence-electron chi connectivity index (χ2n) is 5.31. The van der Waals surface area contributed by atoms with Gasteiger partial charge in [-0.05, 0) is 24.6 Å². The number of benzene rings is 2. The van der Waals surface area contributed by atoms with Crippen LogP contribution in [0.2, 0.25) is 0 Å². The lowest BCUT2D eigenvalue weighted by Crippen LogP contribution is -1.97. The van der Waals surface area contributed by atoms with Gasteiger partial charge in [0.2, 0.25) is 0 Å². The van der Waals surface area contributed by atoms with Gasteiger partial charge in [-0.3, -0.25) is 0 Å². The molecule has 0 aliphatic rings. The normalized spacial score (nSPS) is 11.5. The number of halogens is 1. The molecule has 0 aliphatic carbocycles. The number of hydrogen-bond acceptors (Lipinski definition) is 0. The van der Waals surface area contributed by atoms with Gasteiger partial charge in [-0.25, -0.2) is 0 Å². The predicted octanol–water partition coefficient (Wildman–Crippen LogP) is 5.94. The van der Waals surface area contributed by atoms with Gasteiger partial charge < -0.3 is 4.57 Å². The predicted molar refractivity (Wildman–Crippen MR) is 90.1 cm³/mol. The van der Waals surface area contributed by atoms with Gasteiger partial charge in [-0.1, -0.05) is 60.3 Å². The van der Waals surface area contributed by atoms with E-state index in [-0.39, 0.29) is 0 Å². The fourth-order valence-corrected chi connectivity index (χ4v) is 3.24. The van der Waals surface area contributed by atoms with Crippen molar-refractivity contribution < 1.29 is 0 Å². The van der Waals surface area contributed by atoms with E-state index in [1.807, 2.05) is 6.07 Å². The summed E-state index contributed by atoms with van der Waals surface area (Å²) in [5, 5.41) is 2.63. The zero-order valence-electron chi connectivity index (χ0n) is 11.8. The van der Waals surface area contributed by atoms with Gasteiger partial charge in [0.25, 0.3) is 0 Å². The quantitative estimate of drug-likeness (QED) is 0.511. The van der Waals surface area contributed by atoms with Crippen molar-refractivity contribution in [3.63, 3.8) is 0 Å². The molecule has 1 radical (unpaired) electrons. The Balaban J connectivity index is 2.07. The van der Waals surface area contributed by atoms with Crippen LogP contribution in [0.3, 0.4) is 0 Å². The Morgan fingerprint density at radius 2 is 2.00 bits per heavy atom. The lowest BCUT2D eigenvalue weighted by Gasteiger charge is -2.07. The molecule has 0 fully saturated rings. The van der Waals surface area contributed by atoms with Crippen LogP contribution >= 0.6 is 15.9 Å². The monoisotopic (exact) mass is 328 g/mol. The van der Waals surface area contributed by atoms with Crippen molar-refractivity contribution in [3.8, 4) is 0 Å². The molecule has 20 heavy (non-hydrogen) atoms. The second-order valence-corrected chi connectivity index (χ2v) is 6.22. The Bertz CT molecular complexity index is 727. The van der Waals surface area contributed by atoms with Crippen LogP contribution in [0.5, 0.6) is 0 Å². The molecular formula is C18H19BrN. The molecule has 1 aromatic heterocycles. The van der Waals surface area contributed by atoms with Gasteiger partial charge in [0.15, 0.2) is 0 Å². The van der Waals surface area contributed by atoms with E-state index >= 15 is 0 Å². The number of aryl methyl sites for hydroxylation is 1. The summed E-state index contributed by atoms with van der Waals surface area (Å²) >= 11 is 3.58. The number of fused-ring (bicyclic) bond motifs is 3. The fraction of sp³-hybridized carbons (Fsp3) is 0.333. The third kappa shape index (κ3) is 2.49. The number of nitrogens with zero attached hydrogens (tertiary/aromatic N) is 1. The van der Waals surface area contributed by atoms with E-state index in [4.69, 9.17) is 0 Å². The molecule has 0 amide bonds. The summed E-state index contributed by atoms with van der Waals surface area (Å²) in [6.07, 6.45) is 5.16. The molecule has 1 nitrogen and oxygen atoms in total. The second kappa shape index (κ2) is 6.01. The molecule has 0 atom stereocenters. The Kier molecular flexibility index (Phi) is 4.11. The SMILES string of the molecule is CCCCCCn1c2[c]cccc2c2cc(Br)ccc21. The van der Waals surface area contributed by atoms with Crippen LogP contribution < -0.4 is 0 Å². The van der Waals surface area contributed by atoms with Gasteiger partial charge in [0.05, 0.1) is 5.52 Å². The van der Waals surface area contributed by atoms with Crippen molar-refractivity contribution in [1.82, 2.24) is 4.57 Å². The molecule has 0 aliphatic heterocycles. The Hall–Kier alpha value is -1.28. The van der Waals surface area contributed by atoms with Crippen LogP contribution in [0.1, 0.15) is 32.6 Å². The molecule has 3 aromatic rings. The Labute approximate surface area is 128 Å². The molecule has 0 N–H and O–H groups in total. The average molecular weight is 329 g/mol. The largest absolute Gasteiger partial charge is 0.340 e. The highest BCUT2D eigenvalue weighted by Crippen LogP contribution is 2.31. The maximum Gasteiger partial charge on any atom is 0.0571 e. The first-order chi connectivity index (χ1) is 9.81. The number of hydrogen-bond donors (Lipinski definition) is 0. The Morgan fingerprint density at radius 3 is 2.85 bits per heavy atom. The van der Waals surface area contributed by atoms with E-state index in [0.29, 0.717) is 0 Å². The van der Waals surface area contributed by atoms with Crippen LogP contribution in [0, 0.1) is 6.07 Å². The highest BCUT2D eigenvalue weighted by molar-refractivity contribution is 9.10. The number of unbranched alkanes of at least 4 members (excludes halogenated alkanes) is 3. The van der Waals surface area contributed by atoms with Gasteiger partial charge in [0, 0.05) is 33.4 Å². The molecular weight excluding hydrogens is 310 g/mol. The zero-order valence-corrected chi connectivity index (χ0v) is 13.4. The van der Waals surface area contributed by atoms with Crippen LogP contribution in [-0.2, 0) is 6.54 Å². The van der Waals surface area contributed by atoms with Crippen LogP contribution in [0.25, 0.3) is 21.8 Å². The van der Waals surface area contributed by atoms with Crippen LogP contribution in [0.4, 0.5) is 0 Å². The summed E-state index contributed by atoms with van der Waals surface area (Å²) in [6, 6.07) is 16.3. The molecule has 2 aromatic carbocycles.